The van der Waals surface area contributed by atoms with E-state index in [0.717, 1.165) is 11.3 Å². The number of aryl methyl sites for hydroxylation is 1. The van der Waals surface area contributed by atoms with Gasteiger partial charge >= 0.3 is 0 Å². The number of amides is 2. The molecule has 0 unspecified atom stereocenters. The number of carbonyl (C=O) groups excluding carboxylic acids is 2. The molecule has 0 atom stereocenters. The largest absolute Gasteiger partial charge is 0.491 e. The van der Waals surface area contributed by atoms with E-state index in [-0.39, 0.29) is 12.5 Å². The number of carbonyl (C=O) groups is 2. The molecule has 0 aromatic heterocycles. The summed E-state index contributed by atoms with van der Waals surface area (Å²) in [7, 11) is 1.69. The molecule has 2 amide bonds. The summed E-state index contributed by atoms with van der Waals surface area (Å²) in [5, 5.41) is 0. The minimum Gasteiger partial charge on any atom is -0.491 e. The van der Waals surface area contributed by atoms with Crippen molar-refractivity contribution >= 4 is 11.8 Å². The second-order valence-electron chi connectivity index (χ2n) is 5.59. The molecule has 0 aliphatic carbocycles. The van der Waals surface area contributed by atoms with E-state index in [2.05, 4.69) is 0 Å². The van der Waals surface area contributed by atoms with Gasteiger partial charge in [0.15, 0.2) is 6.61 Å². The molecule has 0 fully saturated rings. The summed E-state index contributed by atoms with van der Waals surface area (Å²) in [4.78, 5) is 25.0. The Morgan fingerprint density at radius 3 is 2.32 bits per heavy atom. The lowest BCUT2D eigenvalue weighted by Gasteiger charge is -2.19. The van der Waals surface area contributed by atoms with Crippen LogP contribution in [0.25, 0.3) is 0 Å². The van der Waals surface area contributed by atoms with Crippen LogP contribution in [0.2, 0.25) is 0 Å². The van der Waals surface area contributed by atoms with Gasteiger partial charge in [0.25, 0.3) is 11.8 Å². The number of hydrogen-bond donors (Lipinski definition) is 1. The monoisotopic (exact) mass is 342 g/mol. The van der Waals surface area contributed by atoms with E-state index < -0.39 is 5.91 Å². The van der Waals surface area contributed by atoms with Gasteiger partial charge in [-0.05, 0) is 30.7 Å². The third-order valence-corrected chi connectivity index (χ3v) is 3.61. The molecule has 2 rings (SSSR count). The van der Waals surface area contributed by atoms with Crippen molar-refractivity contribution in [2.75, 3.05) is 26.8 Å². The molecule has 0 saturated heterocycles. The molecule has 0 heterocycles. The van der Waals surface area contributed by atoms with Crippen LogP contribution in [0.15, 0.2) is 48.5 Å². The van der Waals surface area contributed by atoms with Crippen LogP contribution in [0.3, 0.4) is 0 Å². The standard InChI is InChI=1S/C19H22N2O4/c1-14-7-3-5-9-16(14)24-12-11-21(2)19(23)15-8-4-6-10-17(15)25-13-18(20)22/h3-10H,11-13H2,1-2H3,(H2,20,22). The van der Waals surface area contributed by atoms with Gasteiger partial charge < -0.3 is 20.1 Å². The van der Waals surface area contributed by atoms with Crippen molar-refractivity contribution in [1.82, 2.24) is 4.90 Å². The molecule has 2 N–H and O–H groups in total. The SMILES string of the molecule is Cc1ccccc1OCCN(C)C(=O)c1ccccc1OCC(N)=O. The Morgan fingerprint density at radius 2 is 1.64 bits per heavy atom. The minimum atomic E-state index is -0.595. The average molecular weight is 342 g/mol. The molecule has 0 aliphatic heterocycles. The Hall–Kier alpha value is -3.02. The number of nitrogens with two attached hydrogens (primary N) is 1. The predicted octanol–water partition coefficient (Wildman–Crippen LogP) is 2.01. The smallest absolute Gasteiger partial charge is 0.257 e. The van der Waals surface area contributed by atoms with Gasteiger partial charge in [-0.25, -0.2) is 0 Å². The lowest BCUT2D eigenvalue weighted by molar-refractivity contribution is -0.119. The van der Waals surface area contributed by atoms with E-state index in [4.69, 9.17) is 15.2 Å². The fourth-order valence-electron chi connectivity index (χ4n) is 2.24. The highest BCUT2D eigenvalue weighted by Crippen LogP contribution is 2.20. The van der Waals surface area contributed by atoms with E-state index in [1.54, 1.807) is 36.2 Å². The molecule has 2 aromatic rings. The van der Waals surface area contributed by atoms with Crippen LogP contribution in [0.1, 0.15) is 15.9 Å². The Kier molecular flexibility index (Phi) is 6.39. The number of benzene rings is 2. The normalized spacial score (nSPS) is 10.2. The third kappa shape index (κ3) is 5.24. The van der Waals surface area contributed by atoms with E-state index in [1.165, 1.54) is 0 Å². The molecular formula is C19H22N2O4. The molecule has 0 aliphatic rings. The Bertz CT molecular complexity index is 746. The lowest BCUT2D eigenvalue weighted by atomic mass is 10.2. The molecule has 132 valence electrons. The number of ether oxygens (including phenoxy) is 2. The van der Waals surface area contributed by atoms with Crippen molar-refractivity contribution in [3.63, 3.8) is 0 Å². The minimum absolute atomic E-state index is 0.214. The van der Waals surface area contributed by atoms with Crippen LogP contribution < -0.4 is 15.2 Å². The van der Waals surface area contributed by atoms with E-state index >= 15 is 0 Å². The van der Waals surface area contributed by atoms with Crippen LogP contribution in [0, 0.1) is 6.92 Å². The zero-order chi connectivity index (χ0) is 18.2. The van der Waals surface area contributed by atoms with Gasteiger partial charge in [0.2, 0.25) is 0 Å². The number of primary amides is 1. The molecule has 0 saturated carbocycles. The first-order valence-corrected chi connectivity index (χ1v) is 7.93. The Labute approximate surface area is 147 Å². The first-order chi connectivity index (χ1) is 12.0. The van der Waals surface area contributed by atoms with E-state index in [1.807, 2.05) is 31.2 Å². The second kappa shape index (κ2) is 8.73. The molecule has 25 heavy (non-hydrogen) atoms. The summed E-state index contributed by atoms with van der Waals surface area (Å²) < 4.78 is 11.0. The van der Waals surface area contributed by atoms with Gasteiger partial charge in [0.05, 0.1) is 12.1 Å². The van der Waals surface area contributed by atoms with Crippen molar-refractivity contribution in [3.8, 4) is 11.5 Å². The van der Waals surface area contributed by atoms with Crippen molar-refractivity contribution in [2.45, 2.75) is 6.92 Å². The zero-order valence-corrected chi connectivity index (χ0v) is 14.4. The van der Waals surface area contributed by atoms with Gasteiger partial charge in [-0.15, -0.1) is 0 Å². The summed E-state index contributed by atoms with van der Waals surface area (Å²) >= 11 is 0. The molecular weight excluding hydrogens is 320 g/mol. The van der Waals surface area contributed by atoms with Crippen LogP contribution in [0.5, 0.6) is 11.5 Å². The topological polar surface area (TPSA) is 81.9 Å². The quantitative estimate of drug-likeness (QED) is 0.795. The van der Waals surface area contributed by atoms with Gasteiger partial charge in [0, 0.05) is 7.05 Å². The fraction of sp³-hybridized carbons (Fsp3) is 0.263. The van der Waals surface area contributed by atoms with Crippen LogP contribution in [0.4, 0.5) is 0 Å². The van der Waals surface area contributed by atoms with E-state index in [0.29, 0.717) is 24.5 Å². The summed E-state index contributed by atoms with van der Waals surface area (Å²) in [6.07, 6.45) is 0. The van der Waals surface area contributed by atoms with Gasteiger partial charge in [-0.2, -0.15) is 0 Å². The number of likely N-dealkylation sites (N-methyl/N-ethyl adjacent to an activating group) is 1. The highest BCUT2D eigenvalue weighted by molar-refractivity contribution is 5.96. The third-order valence-electron chi connectivity index (χ3n) is 3.61. The van der Waals surface area contributed by atoms with Gasteiger partial charge in [-0.1, -0.05) is 30.3 Å². The number of rotatable bonds is 8. The summed E-state index contributed by atoms with van der Waals surface area (Å²) in [5.74, 6) is 0.321. The van der Waals surface area contributed by atoms with Crippen LogP contribution >= 0.6 is 0 Å². The Morgan fingerprint density at radius 1 is 1.00 bits per heavy atom. The summed E-state index contributed by atoms with van der Waals surface area (Å²) in [6, 6.07) is 14.5. The van der Waals surface area contributed by atoms with Gasteiger partial charge in [0.1, 0.15) is 18.1 Å². The highest BCUT2D eigenvalue weighted by atomic mass is 16.5. The molecule has 0 bridgehead atoms. The Balaban J connectivity index is 1.95. The van der Waals surface area contributed by atoms with Gasteiger partial charge in [-0.3, -0.25) is 9.59 Å². The second-order valence-corrected chi connectivity index (χ2v) is 5.59. The molecule has 0 spiro atoms. The molecule has 2 aromatic carbocycles. The van der Waals surface area contributed by atoms with Crippen molar-refractivity contribution in [1.29, 1.82) is 0 Å². The van der Waals surface area contributed by atoms with Crippen molar-refractivity contribution in [2.24, 2.45) is 5.73 Å². The molecule has 6 heteroatoms. The lowest BCUT2D eigenvalue weighted by Crippen LogP contribution is -2.31. The first kappa shape index (κ1) is 18.3. The highest BCUT2D eigenvalue weighted by Gasteiger charge is 2.17. The first-order valence-electron chi connectivity index (χ1n) is 7.93. The zero-order valence-electron chi connectivity index (χ0n) is 14.4. The fourth-order valence-corrected chi connectivity index (χ4v) is 2.24. The van der Waals surface area contributed by atoms with E-state index in [9.17, 15) is 9.59 Å². The molecule has 0 radical (unpaired) electrons. The molecule has 6 nitrogen and oxygen atoms in total. The average Bonchev–Trinajstić information content (AvgIpc) is 2.61. The van der Waals surface area contributed by atoms with Crippen molar-refractivity contribution in [3.05, 3.63) is 59.7 Å². The maximum Gasteiger partial charge on any atom is 0.257 e. The number of para-hydroxylation sites is 2. The summed E-state index contributed by atoms with van der Waals surface area (Å²) in [6.45, 7) is 2.48. The summed E-state index contributed by atoms with van der Waals surface area (Å²) in [5.41, 5.74) is 6.50. The number of nitrogens with zero attached hydrogens (tertiary/aromatic N) is 1. The van der Waals surface area contributed by atoms with Crippen molar-refractivity contribution < 1.29 is 19.1 Å². The number of hydrogen-bond acceptors (Lipinski definition) is 4. The predicted molar refractivity (Wildman–Crippen MR) is 94.8 cm³/mol. The van der Waals surface area contributed by atoms with Crippen LogP contribution in [-0.2, 0) is 4.79 Å². The maximum atomic E-state index is 12.6. The maximum absolute atomic E-state index is 12.6. The van der Waals surface area contributed by atoms with Crippen LogP contribution in [-0.4, -0.2) is 43.5 Å².